The van der Waals surface area contributed by atoms with Crippen LogP contribution in [0.5, 0.6) is 0 Å². The third kappa shape index (κ3) is 1.59. The monoisotopic (exact) mass is 163 g/mol. The predicted octanol–water partition coefficient (Wildman–Crippen LogP) is 1.21. The summed E-state index contributed by atoms with van der Waals surface area (Å²) in [6.07, 6.45) is 0. The molecule has 12 heavy (non-hydrogen) atoms. The Labute approximate surface area is 74.7 Å². The summed E-state index contributed by atoms with van der Waals surface area (Å²) in [7, 11) is 0. The number of rotatable bonds is 1. The summed E-state index contributed by atoms with van der Waals surface area (Å²) in [6, 6.07) is 10.6. The second-order valence-electron chi connectivity index (χ2n) is 3.07. The molecule has 0 spiro atoms. The van der Waals surface area contributed by atoms with Gasteiger partial charge in [-0.1, -0.05) is 18.2 Å². The summed E-state index contributed by atoms with van der Waals surface area (Å²) in [4.78, 5) is 2.41. The van der Waals surface area contributed by atoms with E-state index in [0.29, 0.717) is 0 Å². The second kappa shape index (κ2) is 3.59. The van der Waals surface area contributed by atoms with Gasteiger partial charge in [0.1, 0.15) is 0 Å². The topological polar surface area (TPSA) is 15.3 Å². The maximum atomic E-state index is 3.34. The third-order valence-electron chi connectivity index (χ3n) is 2.24. The number of nitrogens with one attached hydrogen (secondary N) is 1. The van der Waals surface area contributed by atoms with Gasteiger partial charge in [0.05, 0.1) is 0 Å². The highest BCUT2D eigenvalue weighted by Crippen LogP contribution is 2.12. The zero-order valence-corrected chi connectivity index (χ0v) is 7.16. The van der Waals surface area contributed by atoms with Crippen LogP contribution < -0.4 is 10.2 Å². The van der Waals surface area contributed by atoms with Crippen LogP contribution in [0.3, 0.4) is 0 Å². The molecular weight excluding hydrogens is 148 g/mol. The van der Waals surface area contributed by atoms with Gasteiger partial charge in [-0.2, -0.15) is 0 Å². The fourth-order valence-corrected chi connectivity index (χ4v) is 1.56. The minimum absolute atomic E-state index is 0. The first kappa shape index (κ1) is 7.62. The van der Waals surface area contributed by atoms with E-state index in [-0.39, 0.29) is 1.43 Å². The molecule has 2 rings (SSSR count). The first-order valence-corrected chi connectivity index (χ1v) is 4.47. The van der Waals surface area contributed by atoms with Crippen molar-refractivity contribution < 1.29 is 1.43 Å². The summed E-state index contributed by atoms with van der Waals surface area (Å²) in [5.41, 5.74) is 1.35. The molecule has 1 aliphatic heterocycles. The van der Waals surface area contributed by atoms with Crippen molar-refractivity contribution in [3.63, 3.8) is 0 Å². The highest BCUT2D eigenvalue weighted by molar-refractivity contribution is 5.46. The van der Waals surface area contributed by atoms with E-state index < -0.39 is 0 Å². The summed E-state index contributed by atoms with van der Waals surface area (Å²) in [5, 5.41) is 3.34. The minimum Gasteiger partial charge on any atom is -0.369 e. The van der Waals surface area contributed by atoms with Crippen LogP contribution in [0.15, 0.2) is 30.3 Å². The Morgan fingerprint density at radius 3 is 2.42 bits per heavy atom. The van der Waals surface area contributed by atoms with E-state index in [1.165, 1.54) is 5.69 Å². The summed E-state index contributed by atoms with van der Waals surface area (Å²) < 4.78 is 0. The molecule has 0 radical (unpaired) electrons. The average molecular weight is 163 g/mol. The second-order valence-corrected chi connectivity index (χ2v) is 3.07. The molecule has 1 aromatic rings. The van der Waals surface area contributed by atoms with E-state index in [4.69, 9.17) is 0 Å². The van der Waals surface area contributed by atoms with Crippen LogP contribution in [0.4, 0.5) is 5.69 Å². The van der Waals surface area contributed by atoms with E-state index in [9.17, 15) is 0 Å². The smallest absolute Gasteiger partial charge is 0.369 e. The molecular formula is C10H15N2+. The van der Waals surface area contributed by atoms with Crippen molar-refractivity contribution in [2.24, 2.45) is 0 Å². The lowest BCUT2D eigenvalue weighted by molar-refractivity contribution is 0.589. The summed E-state index contributed by atoms with van der Waals surface area (Å²) in [6.45, 7) is 4.47. The fraction of sp³-hybridized carbons (Fsp3) is 0.400. The average Bonchev–Trinajstić information content (AvgIpc) is 2.21. The molecule has 0 atom stereocenters. The third-order valence-corrected chi connectivity index (χ3v) is 2.24. The van der Waals surface area contributed by atoms with E-state index in [1.54, 1.807) is 0 Å². The Kier molecular flexibility index (Phi) is 2.28. The quantitative estimate of drug-likeness (QED) is 0.669. The number of nitrogens with zero attached hydrogens (tertiary/aromatic N) is 1. The van der Waals surface area contributed by atoms with Gasteiger partial charge in [-0.3, -0.25) is 0 Å². The van der Waals surface area contributed by atoms with Gasteiger partial charge in [0, 0.05) is 31.9 Å². The number of hydrogen-bond donors (Lipinski definition) is 1. The number of anilines is 1. The predicted molar refractivity (Wildman–Crippen MR) is 52.6 cm³/mol. The first-order valence-electron chi connectivity index (χ1n) is 4.47. The van der Waals surface area contributed by atoms with Crippen molar-refractivity contribution in [3.8, 4) is 0 Å². The van der Waals surface area contributed by atoms with Gasteiger partial charge < -0.3 is 10.2 Å². The molecule has 1 fully saturated rings. The molecule has 1 heterocycles. The zero-order chi connectivity index (χ0) is 8.23. The lowest BCUT2D eigenvalue weighted by Crippen LogP contribution is -2.43. The molecule has 1 saturated heterocycles. The molecule has 1 N–H and O–H groups in total. The zero-order valence-electron chi connectivity index (χ0n) is 8.16. The maximum absolute atomic E-state index is 3.34. The molecule has 0 aromatic heterocycles. The SMILES string of the molecule is [H+].c1ccc(N2CCNCC2)cc1. The van der Waals surface area contributed by atoms with Gasteiger partial charge >= 0.3 is 1.43 Å². The molecule has 0 unspecified atom stereocenters. The Bertz CT molecular complexity index is 232. The van der Waals surface area contributed by atoms with Crippen molar-refractivity contribution in [1.29, 1.82) is 0 Å². The molecule has 0 saturated carbocycles. The van der Waals surface area contributed by atoms with E-state index >= 15 is 0 Å². The summed E-state index contributed by atoms with van der Waals surface area (Å²) in [5.74, 6) is 0. The van der Waals surface area contributed by atoms with Gasteiger partial charge in [0.25, 0.3) is 0 Å². The van der Waals surface area contributed by atoms with Crippen molar-refractivity contribution in [2.75, 3.05) is 31.1 Å². The molecule has 0 aliphatic carbocycles. The van der Waals surface area contributed by atoms with Crippen LogP contribution in [0.2, 0.25) is 0 Å². The van der Waals surface area contributed by atoms with Crippen LogP contribution in [-0.4, -0.2) is 26.2 Å². The van der Waals surface area contributed by atoms with Crippen molar-refractivity contribution in [1.82, 2.24) is 5.32 Å². The summed E-state index contributed by atoms with van der Waals surface area (Å²) >= 11 is 0. The van der Waals surface area contributed by atoms with Crippen molar-refractivity contribution >= 4 is 5.69 Å². The standard InChI is InChI=1S/C10H14N2/c1-2-4-10(5-3-1)12-8-6-11-7-9-12/h1-5,11H,6-9H2/p+1. The Morgan fingerprint density at radius 2 is 1.75 bits per heavy atom. The highest BCUT2D eigenvalue weighted by atomic mass is 15.2. The van der Waals surface area contributed by atoms with Gasteiger partial charge in [-0.05, 0) is 12.1 Å². The molecule has 64 valence electrons. The lowest BCUT2D eigenvalue weighted by atomic mass is 10.2. The van der Waals surface area contributed by atoms with Crippen molar-refractivity contribution in [3.05, 3.63) is 30.3 Å². The van der Waals surface area contributed by atoms with Crippen LogP contribution >= 0.6 is 0 Å². The number of benzene rings is 1. The Hall–Kier alpha value is -1.02. The number of para-hydroxylation sites is 1. The van der Waals surface area contributed by atoms with E-state index in [1.807, 2.05) is 0 Å². The van der Waals surface area contributed by atoms with E-state index in [0.717, 1.165) is 26.2 Å². The van der Waals surface area contributed by atoms with Gasteiger partial charge in [0.15, 0.2) is 0 Å². The number of hydrogen-bond acceptors (Lipinski definition) is 2. The minimum atomic E-state index is 0. The molecule has 1 aromatic carbocycles. The largest absolute Gasteiger partial charge is 1.00 e. The fourth-order valence-electron chi connectivity index (χ4n) is 1.56. The van der Waals surface area contributed by atoms with Gasteiger partial charge in [-0.25, -0.2) is 0 Å². The molecule has 0 amide bonds. The first-order chi connectivity index (χ1) is 5.97. The molecule has 0 bridgehead atoms. The van der Waals surface area contributed by atoms with Crippen LogP contribution in [0, 0.1) is 0 Å². The normalized spacial score (nSPS) is 17.8. The van der Waals surface area contributed by atoms with Crippen LogP contribution in [0.25, 0.3) is 0 Å². The van der Waals surface area contributed by atoms with E-state index in [2.05, 4.69) is 40.5 Å². The lowest BCUT2D eigenvalue weighted by Gasteiger charge is -2.29. The highest BCUT2D eigenvalue weighted by Gasteiger charge is 2.08. The Morgan fingerprint density at radius 1 is 1.08 bits per heavy atom. The van der Waals surface area contributed by atoms with Crippen LogP contribution in [0.1, 0.15) is 1.43 Å². The maximum Gasteiger partial charge on any atom is 1.00 e. The van der Waals surface area contributed by atoms with Crippen LogP contribution in [-0.2, 0) is 0 Å². The molecule has 2 heteroatoms. The Balaban J connectivity index is 0.000000845. The molecule has 2 nitrogen and oxygen atoms in total. The van der Waals surface area contributed by atoms with Crippen molar-refractivity contribution in [2.45, 2.75) is 0 Å². The number of piperazine rings is 1. The molecule has 1 aliphatic rings. The van der Waals surface area contributed by atoms with Gasteiger partial charge in [0.2, 0.25) is 0 Å². The van der Waals surface area contributed by atoms with Gasteiger partial charge in [-0.15, -0.1) is 0 Å².